The Hall–Kier alpha value is -1.84. The van der Waals surface area contributed by atoms with Crippen molar-refractivity contribution in [3.63, 3.8) is 0 Å². The molecule has 0 N–H and O–H groups in total. The molecule has 2 aliphatic heterocycles. The van der Waals surface area contributed by atoms with Crippen molar-refractivity contribution in [3.8, 4) is 0 Å². The maximum absolute atomic E-state index is 12.2. The number of carbonyl (C=O) groups excluding carboxylic acids is 2. The van der Waals surface area contributed by atoms with Crippen LogP contribution in [0.2, 0.25) is 0 Å². The summed E-state index contributed by atoms with van der Waals surface area (Å²) in [6, 6.07) is 10.2. The van der Waals surface area contributed by atoms with Crippen molar-refractivity contribution < 1.29 is 9.59 Å². The Kier molecular flexibility index (Phi) is 3.04. The van der Waals surface area contributed by atoms with Crippen LogP contribution >= 0.6 is 0 Å². The van der Waals surface area contributed by atoms with Gasteiger partial charge in [-0.05, 0) is 32.3 Å². The SMILES string of the molecule is CC1(C)CC(=O)N2[C@H](CCc3ccccc3)CC(=O)N21. The Bertz CT molecular complexity index is 537. The van der Waals surface area contributed by atoms with Crippen LogP contribution in [0.15, 0.2) is 30.3 Å². The summed E-state index contributed by atoms with van der Waals surface area (Å²) < 4.78 is 0. The van der Waals surface area contributed by atoms with E-state index in [9.17, 15) is 9.59 Å². The standard InChI is InChI=1S/C16H20N2O2/c1-16(2)11-15(20)17-13(10-14(19)18(16)17)9-8-12-6-4-3-5-7-12/h3-7,13H,8-11H2,1-2H3/t13-/m1/s1. The van der Waals surface area contributed by atoms with E-state index in [1.807, 2.05) is 32.0 Å². The van der Waals surface area contributed by atoms with E-state index in [2.05, 4.69) is 12.1 Å². The smallest absolute Gasteiger partial charge is 0.243 e. The number of hydrogen-bond donors (Lipinski definition) is 0. The third-order valence-corrected chi connectivity index (χ3v) is 4.23. The minimum absolute atomic E-state index is 0.0250. The van der Waals surface area contributed by atoms with Crippen LogP contribution < -0.4 is 0 Å². The number of hydrazine groups is 1. The molecule has 4 nitrogen and oxygen atoms in total. The first-order valence-corrected chi connectivity index (χ1v) is 7.18. The Morgan fingerprint density at radius 2 is 1.85 bits per heavy atom. The van der Waals surface area contributed by atoms with Crippen molar-refractivity contribution >= 4 is 11.8 Å². The van der Waals surface area contributed by atoms with E-state index in [1.54, 1.807) is 10.0 Å². The summed E-state index contributed by atoms with van der Waals surface area (Å²) >= 11 is 0. The molecule has 1 aromatic carbocycles. The number of amides is 2. The van der Waals surface area contributed by atoms with E-state index >= 15 is 0 Å². The Morgan fingerprint density at radius 1 is 1.15 bits per heavy atom. The summed E-state index contributed by atoms with van der Waals surface area (Å²) in [5.41, 5.74) is 0.889. The predicted octanol–water partition coefficient (Wildman–Crippen LogP) is 2.15. The second kappa shape index (κ2) is 4.62. The lowest BCUT2D eigenvalue weighted by atomic mass is 9.99. The quantitative estimate of drug-likeness (QED) is 0.846. The molecular weight excluding hydrogens is 252 g/mol. The molecule has 0 aromatic heterocycles. The molecule has 2 amide bonds. The van der Waals surface area contributed by atoms with E-state index in [0.717, 1.165) is 12.8 Å². The first-order chi connectivity index (χ1) is 9.49. The van der Waals surface area contributed by atoms with Crippen molar-refractivity contribution in [2.45, 2.75) is 51.1 Å². The van der Waals surface area contributed by atoms with Crippen LogP contribution in [0.3, 0.4) is 0 Å². The van der Waals surface area contributed by atoms with Crippen LogP contribution in [-0.2, 0) is 16.0 Å². The van der Waals surface area contributed by atoms with Crippen molar-refractivity contribution in [1.29, 1.82) is 0 Å². The summed E-state index contributed by atoms with van der Waals surface area (Å²) in [5.74, 6) is 0.165. The first-order valence-electron chi connectivity index (χ1n) is 7.18. The van der Waals surface area contributed by atoms with Crippen molar-refractivity contribution in [2.24, 2.45) is 0 Å². The molecule has 3 rings (SSSR count). The van der Waals surface area contributed by atoms with E-state index in [-0.39, 0.29) is 23.4 Å². The molecule has 4 heteroatoms. The Labute approximate surface area is 119 Å². The van der Waals surface area contributed by atoms with Gasteiger partial charge >= 0.3 is 0 Å². The second-order valence-corrected chi connectivity index (χ2v) is 6.32. The molecule has 0 bridgehead atoms. The van der Waals surface area contributed by atoms with Gasteiger partial charge in [0, 0.05) is 0 Å². The minimum atomic E-state index is -0.365. The van der Waals surface area contributed by atoms with Crippen LogP contribution in [0.4, 0.5) is 0 Å². The van der Waals surface area contributed by atoms with Gasteiger partial charge in [-0.25, -0.2) is 10.0 Å². The number of hydrogen-bond acceptors (Lipinski definition) is 2. The molecule has 1 aromatic rings. The molecule has 0 saturated carbocycles. The normalized spacial score (nSPS) is 24.4. The largest absolute Gasteiger partial charge is 0.273 e. The molecule has 0 spiro atoms. The third kappa shape index (κ3) is 2.09. The minimum Gasteiger partial charge on any atom is -0.273 e. The van der Waals surface area contributed by atoms with Gasteiger partial charge in [-0.1, -0.05) is 30.3 Å². The van der Waals surface area contributed by atoms with Crippen LogP contribution in [-0.4, -0.2) is 33.4 Å². The molecule has 2 aliphatic rings. The average molecular weight is 272 g/mol. The second-order valence-electron chi connectivity index (χ2n) is 6.32. The maximum Gasteiger partial charge on any atom is 0.243 e. The predicted molar refractivity (Wildman–Crippen MR) is 75.6 cm³/mol. The summed E-state index contributed by atoms with van der Waals surface area (Å²) in [4.78, 5) is 24.3. The van der Waals surface area contributed by atoms with Crippen molar-refractivity contribution in [1.82, 2.24) is 10.0 Å². The Morgan fingerprint density at radius 3 is 2.55 bits per heavy atom. The van der Waals surface area contributed by atoms with Gasteiger partial charge in [0.15, 0.2) is 0 Å². The lowest BCUT2D eigenvalue weighted by Crippen LogP contribution is -2.46. The van der Waals surface area contributed by atoms with Gasteiger partial charge in [-0.2, -0.15) is 0 Å². The molecule has 1 atom stereocenters. The number of nitrogens with zero attached hydrogens (tertiary/aromatic N) is 2. The van der Waals surface area contributed by atoms with Gasteiger partial charge in [0.1, 0.15) is 0 Å². The van der Waals surface area contributed by atoms with Gasteiger partial charge in [0.2, 0.25) is 11.8 Å². The van der Waals surface area contributed by atoms with Gasteiger partial charge < -0.3 is 0 Å². The van der Waals surface area contributed by atoms with E-state index in [1.165, 1.54) is 5.56 Å². The zero-order valence-corrected chi connectivity index (χ0v) is 12.0. The monoisotopic (exact) mass is 272 g/mol. The van der Waals surface area contributed by atoms with E-state index < -0.39 is 0 Å². The van der Waals surface area contributed by atoms with Crippen molar-refractivity contribution in [2.75, 3.05) is 0 Å². The molecule has 20 heavy (non-hydrogen) atoms. The first kappa shape index (κ1) is 13.2. The van der Waals surface area contributed by atoms with Gasteiger partial charge in [-0.15, -0.1) is 0 Å². The van der Waals surface area contributed by atoms with Gasteiger partial charge in [-0.3, -0.25) is 9.59 Å². The highest BCUT2D eigenvalue weighted by molar-refractivity contribution is 5.90. The van der Waals surface area contributed by atoms with Crippen LogP contribution in [0.25, 0.3) is 0 Å². The summed E-state index contributed by atoms with van der Waals surface area (Å²) in [7, 11) is 0. The van der Waals surface area contributed by atoms with Gasteiger partial charge in [0.05, 0.1) is 24.4 Å². The zero-order chi connectivity index (χ0) is 14.3. The zero-order valence-electron chi connectivity index (χ0n) is 12.0. The maximum atomic E-state index is 12.2. The van der Waals surface area contributed by atoms with E-state index in [4.69, 9.17) is 0 Å². The topological polar surface area (TPSA) is 40.6 Å². The van der Waals surface area contributed by atoms with E-state index in [0.29, 0.717) is 12.8 Å². The average Bonchev–Trinajstić information content (AvgIpc) is 2.86. The molecular formula is C16H20N2O2. The fraction of sp³-hybridized carbons (Fsp3) is 0.500. The molecule has 2 heterocycles. The number of aryl methyl sites for hydroxylation is 1. The van der Waals surface area contributed by atoms with Crippen LogP contribution in [0, 0.1) is 0 Å². The summed E-state index contributed by atoms with van der Waals surface area (Å²) in [5, 5.41) is 3.40. The molecule has 0 aliphatic carbocycles. The Balaban J connectivity index is 1.73. The number of rotatable bonds is 3. The molecule has 0 radical (unpaired) electrons. The third-order valence-electron chi connectivity index (χ3n) is 4.23. The number of fused-ring (bicyclic) bond motifs is 1. The summed E-state index contributed by atoms with van der Waals surface area (Å²) in [6.45, 7) is 3.92. The summed E-state index contributed by atoms with van der Waals surface area (Å²) in [6.07, 6.45) is 2.63. The lowest BCUT2D eigenvalue weighted by Gasteiger charge is -2.32. The highest BCUT2D eigenvalue weighted by Gasteiger charge is 2.53. The fourth-order valence-corrected chi connectivity index (χ4v) is 3.33. The molecule has 2 saturated heterocycles. The number of carbonyl (C=O) groups is 2. The number of benzene rings is 1. The van der Waals surface area contributed by atoms with Crippen LogP contribution in [0.5, 0.6) is 0 Å². The van der Waals surface area contributed by atoms with Gasteiger partial charge in [0.25, 0.3) is 0 Å². The fourth-order valence-electron chi connectivity index (χ4n) is 3.33. The molecule has 0 unspecified atom stereocenters. The highest BCUT2D eigenvalue weighted by atomic mass is 16.2. The lowest BCUT2D eigenvalue weighted by molar-refractivity contribution is -0.151. The molecule has 2 fully saturated rings. The van der Waals surface area contributed by atoms with Crippen LogP contribution in [0.1, 0.15) is 38.7 Å². The molecule has 106 valence electrons. The van der Waals surface area contributed by atoms with Crippen molar-refractivity contribution in [3.05, 3.63) is 35.9 Å². The highest BCUT2D eigenvalue weighted by Crippen LogP contribution is 2.38.